The molecule has 33 heavy (non-hydrogen) atoms. The maximum Gasteiger partial charge on any atom is 0.355 e. The van der Waals surface area contributed by atoms with E-state index in [1.54, 1.807) is 24.3 Å². The number of nitro groups is 1. The zero-order chi connectivity index (χ0) is 23.0. The minimum atomic E-state index is -0.643. The van der Waals surface area contributed by atoms with Gasteiger partial charge in [-0.05, 0) is 48.5 Å². The first kappa shape index (κ1) is 21.2. The molecule has 0 aliphatic carbocycles. The van der Waals surface area contributed by atoms with Crippen molar-refractivity contribution in [1.82, 2.24) is 20.4 Å². The third-order valence-electron chi connectivity index (χ3n) is 4.34. The van der Waals surface area contributed by atoms with Gasteiger partial charge in [-0.2, -0.15) is 0 Å². The Morgan fingerprint density at radius 2 is 1.55 bits per heavy atom. The fourth-order valence-corrected chi connectivity index (χ4v) is 2.79. The number of benzene rings is 2. The third kappa shape index (κ3) is 5.35. The number of ether oxygens (including phenoxy) is 1. The Balaban J connectivity index is 1.48. The van der Waals surface area contributed by atoms with Crippen LogP contribution in [0.25, 0.3) is 0 Å². The van der Waals surface area contributed by atoms with E-state index in [-0.39, 0.29) is 11.6 Å². The Hall–Kier alpha value is -5.06. The maximum absolute atomic E-state index is 12.2. The van der Waals surface area contributed by atoms with Gasteiger partial charge in [0.15, 0.2) is 0 Å². The minimum absolute atomic E-state index is 0.0487. The normalized spacial score (nSPS) is 10.2. The number of anilines is 3. The minimum Gasteiger partial charge on any atom is -0.457 e. The summed E-state index contributed by atoms with van der Waals surface area (Å²) in [5.74, 6) is 0.560. The van der Waals surface area contributed by atoms with E-state index >= 15 is 0 Å². The summed E-state index contributed by atoms with van der Waals surface area (Å²) in [4.78, 5) is 35.0. The highest BCUT2D eigenvalue weighted by Gasteiger charge is 2.23. The molecular weight excluding hydrogens is 426 g/mol. The van der Waals surface area contributed by atoms with Crippen LogP contribution >= 0.6 is 0 Å². The molecule has 0 fully saturated rings. The molecule has 4 rings (SSSR count). The standard InChI is InChI=1S/C22H17N7O4/c30-22(15-10-12-23-13-11-15)28-27-21-19(29(31)32)20(24-14-25-21)26-16-6-8-18(9-7-16)33-17-4-2-1-3-5-17/h1-14H,(H,28,30)(H2,24,25,26,27). The van der Waals surface area contributed by atoms with Crippen molar-refractivity contribution in [3.63, 3.8) is 0 Å². The van der Waals surface area contributed by atoms with Crippen LogP contribution in [0.1, 0.15) is 10.4 Å². The lowest BCUT2D eigenvalue weighted by molar-refractivity contribution is -0.383. The molecule has 0 spiro atoms. The lowest BCUT2D eigenvalue weighted by Crippen LogP contribution is -2.30. The first-order valence-corrected chi connectivity index (χ1v) is 9.66. The molecule has 0 aliphatic rings. The van der Waals surface area contributed by atoms with Gasteiger partial charge >= 0.3 is 5.69 Å². The predicted octanol–water partition coefficient (Wildman–Crippen LogP) is 4.07. The van der Waals surface area contributed by atoms with Crippen molar-refractivity contribution in [3.05, 3.63) is 101 Å². The monoisotopic (exact) mass is 443 g/mol. The largest absolute Gasteiger partial charge is 0.457 e. The fraction of sp³-hybridized carbons (Fsp3) is 0. The van der Waals surface area contributed by atoms with Crippen molar-refractivity contribution in [2.24, 2.45) is 0 Å². The Kier molecular flexibility index (Phi) is 6.31. The number of nitrogens with zero attached hydrogens (tertiary/aromatic N) is 4. The SMILES string of the molecule is O=C(NNc1ncnc(Nc2ccc(Oc3ccccc3)cc2)c1[N+](=O)[O-])c1ccncc1. The van der Waals surface area contributed by atoms with Gasteiger partial charge in [0, 0.05) is 23.6 Å². The number of amides is 1. The summed E-state index contributed by atoms with van der Waals surface area (Å²) in [6.07, 6.45) is 4.06. The molecule has 0 unspecified atom stereocenters. The number of pyridine rings is 1. The molecule has 4 aromatic rings. The van der Waals surface area contributed by atoms with Crippen LogP contribution in [0, 0.1) is 10.1 Å². The number of carbonyl (C=O) groups is 1. The summed E-state index contributed by atoms with van der Waals surface area (Å²) in [5.41, 5.74) is 5.30. The Bertz CT molecular complexity index is 1250. The molecule has 2 aromatic heterocycles. The number of hydrogen-bond donors (Lipinski definition) is 3. The van der Waals surface area contributed by atoms with Crippen LogP contribution in [0.2, 0.25) is 0 Å². The number of hydrogen-bond acceptors (Lipinski definition) is 9. The van der Waals surface area contributed by atoms with Crippen LogP contribution < -0.4 is 20.9 Å². The molecule has 0 atom stereocenters. The highest BCUT2D eigenvalue weighted by Crippen LogP contribution is 2.31. The van der Waals surface area contributed by atoms with E-state index < -0.39 is 16.5 Å². The summed E-state index contributed by atoms with van der Waals surface area (Å²) in [7, 11) is 0. The van der Waals surface area contributed by atoms with Gasteiger partial charge in [-0.3, -0.25) is 30.7 Å². The summed E-state index contributed by atoms with van der Waals surface area (Å²) in [6, 6.07) is 19.1. The zero-order valence-electron chi connectivity index (χ0n) is 17.0. The van der Waals surface area contributed by atoms with Crippen LogP contribution in [0.5, 0.6) is 11.5 Å². The van der Waals surface area contributed by atoms with Crippen LogP contribution in [0.15, 0.2) is 85.5 Å². The average Bonchev–Trinajstić information content (AvgIpc) is 2.85. The van der Waals surface area contributed by atoms with E-state index in [1.807, 2.05) is 30.3 Å². The molecule has 0 aliphatic heterocycles. The van der Waals surface area contributed by atoms with Crippen LogP contribution in [0.3, 0.4) is 0 Å². The highest BCUT2D eigenvalue weighted by atomic mass is 16.6. The Morgan fingerprint density at radius 1 is 0.879 bits per heavy atom. The molecule has 2 heterocycles. The van der Waals surface area contributed by atoms with Crippen molar-refractivity contribution < 1.29 is 14.5 Å². The van der Waals surface area contributed by atoms with Gasteiger partial charge in [0.25, 0.3) is 5.91 Å². The van der Waals surface area contributed by atoms with Gasteiger partial charge < -0.3 is 10.1 Å². The third-order valence-corrected chi connectivity index (χ3v) is 4.34. The molecule has 0 saturated carbocycles. The number of carbonyl (C=O) groups excluding carboxylic acids is 1. The van der Waals surface area contributed by atoms with E-state index in [0.29, 0.717) is 22.7 Å². The number of rotatable bonds is 8. The topological polar surface area (TPSA) is 144 Å². The van der Waals surface area contributed by atoms with E-state index in [1.165, 1.54) is 24.5 Å². The number of aromatic nitrogens is 3. The van der Waals surface area contributed by atoms with E-state index in [4.69, 9.17) is 4.74 Å². The van der Waals surface area contributed by atoms with Gasteiger partial charge in [0.1, 0.15) is 17.8 Å². The first-order valence-electron chi connectivity index (χ1n) is 9.66. The molecule has 0 radical (unpaired) electrons. The second-order valence-corrected chi connectivity index (χ2v) is 6.56. The predicted molar refractivity (Wildman–Crippen MR) is 120 cm³/mol. The van der Waals surface area contributed by atoms with Gasteiger partial charge in [-0.15, -0.1) is 0 Å². The van der Waals surface area contributed by atoms with Crippen molar-refractivity contribution in [2.75, 3.05) is 10.7 Å². The molecule has 0 saturated heterocycles. The molecule has 164 valence electrons. The van der Waals surface area contributed by atoms with E-state index in [9.17, 15) is 14.9 Å². The molecule has 11 nitrogen and oxygen atoms in total. The van der Waals surface area contributed by atoms with Crippen LogP contribution in [-0.2, 0) is 0 Å². The Morgan fingerprint density at radius 3 is 2.24 bits per heavy atom. The van der Waals surface area contributed by atoms with Crippen LogP contribution in [-0.4, -0.2) is 25.8 Å². The van der Waals surface area contributed by atoms with Crippen molar-refractivity contribution in [1.29, 1.82) is 0 Å². The molecule has 1 amide bonds. The molecular formula is C22H17N7O4. The molecule has 11 heteroatoms. The summed E-state index contributed by atoms with van der Waals surface area (Å²) in [6.45, 7) is 0. The second kappa shape index (κ2) is 9.83. The van der Waals surface area contributed by atoms with Crippen LogP contribution in [0.4, 0.5) is 23.0 Å². The van der Waals surface area contributed by atoms with Gasteiger partial charge in [-0.25, -0.2) is 9.97 Å². The van der Waals surface area contributed by atoms with Crippen molar-refractivity contribution in [2.45, 2.75) is 0 Å². The number of para-hydroxylation sites is 1. The lowest BCUT2D eigenvalue weighted by atomic mass is 10.2. The Labute approximate surface area is 187 Å². The van der Waals surface area contributed by atoms with Gasteiger partial charge in [0.05, 0.1) is 4.92 Å². The number of hydrazine groups is 1. The van der Waals surface area contributed by atoms with E-state index in [0.717, 1.165) is 6.33 Å². The quantitative estimate of drug-likeness (QED) is 0.271. The summed E-state index contributed by atoms with van der Waals surface area (Å²) >= 11 is 0. The first-order chi connectivity index (χ1) is 16.1. The molecule has 2 aromatic carbocycles. The molecule has 0 bridgehead atoms. The molecule has 3 N–H and O–H groups in total. The zero-order valence-corrected chi connectivity index (χ0v) is 17.0. The summed E-state index contributed by atoms with van der Waals surface area (Å²) < 4.78 is 5.74. The van der Waals surface area contributed by atoms with Crippen molar-refractivity contribution in [3.8, 4) is 11.5 Å². The van der Waals surface area contributed by atoms with Gasteiger partial charge in [-0.1, -0.05) is 18.2 Å². The smallest absolute Gasteiger partial charge is 0.355 e. The van der Waals surface area contributed by atoms with E-state index in [2.05, 4.69) is 31.1 Å². The fourth-order valence-electron chi connectivity index (χ4n) is 2.79. The second-order valence-electron chi connectivity index (χ2n) is 6.56. The lowest BCUT2D eigenvalue weighted by Gasteiger charge is -2.11. The van der Waals surface area contributed by atoms with Crippen molar-refractivity contribution >= 4 is 28.9 Å². The maximum atomic E-state index is 12.2. The highest BCUT2D eigenvalue weighted by molar-refractivity contribution is 5.94. The van der Waals surface area contributed by atoms with Gasteiger partial charge in [0.2, 0.25) is 11.6 Å². The number of nitrogens with one attached hydrogen (secondary N) is 3. The summed E-state index contributed by atoms with van der Waals surface area (Å²) in [5, 5.41) is 14.6. The average molecular weight is 443 g/mol.